The molecule has 4 aromatic carbocycles. The molecule has 338 valence electrons. The van der Waals surface area contributed by atoms with Crippen LogP contribution in [0.25, 0.3) is 0 Å². The van der Waals surface area contributed by atoms with E-state index in [9.17, 15) is 18.4 Å². The van der Waals surface area contributed by atoms with Crippen molar-refractivity contribution in [1.82, 2.24) is 10.6 Å². The number of hydrogen-bond donors (Lipinski definition) is 2. The lowest BCUT2D eigenvalue weighted by Crippen LogP contribution is -2.44. The second kappa shape index (κ2) is 28.3. The first-order chi connectivity index (χ1) is 30.2. The predicted molar refractivity (Wildman–Crippen MR) is 231 cm³/mol. The van der Waals surface area contributed by atoms with Gasteiger partial charge in [0.25, 0.3) is 0 Å². The van der Waals surface area contributed by atoms with Crippen LogP contribution in [-0.4, -0.2) is 77.1 Å². The second-order valence-corrected chi connectivity index (χ2v) is 14.2. The number of halogens is 2. The summed E-state index contributed by atoms with van der Waals surface area (Å²) >= 11 is 0. The Morgan fingerprint density at radius 3 is 1.21 bits per heavy atom. The molecule has 4 rings (SSSR count). The number of benzene rings is 4. The molecule has 0 aliphatic heterocycles. The van der Waals surface area contributed by atoms with Gasteiger partial charge in [-0.25, -0.2) is 18.4 Å². The van der Waals surface area contributed by atoms with Crippen molar-refractivity contribution in [1.29, 1.82) is 0 Å². The van der Waals surface area contributed by atoms with E-state index in [-0.39, 0.29) is 37.1 Å². The largest absolute Gasteiger partial charge is 0.490 e. The van der Waals surface area contributed by atoms with E-state index in [1.54, 1.807) is 60.7 Å². The Balaban J connectivity index is 1.44. The van der Waals surface area contributed by atoms with Crippen molar-refractivity contribution >= 4 is 11.9 Å². The molecule has 0 aliphatic rings. The Morgan fingerprint density at radius 2 is 0.871 bits per heavy atom. The van der Waals surface area contributed by atoms with Crippen molar-refractivity contribution in [2.24, 2.45) is 0 Å². The van der Waals surface area contributed by atoms with Crippen LogP contribution in [0.15, 0.2) is 97.1 Å². The van der Waals surface area contributed by atoms with Gasteiger partial charge in [0.1, 0.15) is 24.8 Å². The molecule has 4 unspecified atom stereocenters. The summed E-state index contributed by atoms with van der Waals surface area (Å²) in [5, 5.41) is 6.36. The Labute approximate surface area is 364 Å². The summed E-state index contributed by atoms with van der Waals surface area (Å²) < 4.78 is 74.3. The normalized spacial score (nSPS) is 13.1. The molecule has 0 amide bonds. The van der Waals surface area contributed by atoms with Crippen LogP contribution < -0.4 is 29.6 Å². The lowest BCUT2D eigenvalue weighted by atomic mass is 10.0. The number of carbonyl (C=O) groups excluding carboxylic acids is 2. The maximum atomic E-state index is 13.6. The van der Waals surface area contributed by atoms with Gasteiger partial charge in [0.2, 0.25) is 0 Å². The average molecular weight is 865 g/mol. The third kappa shape index (κ3) is 17.6. The summed E-state index contributed by atoms with van der Waals surface area (Å²) in [6.07, 6.45) is 1.21. The summed E-state index contributed by atoms with van der Waals surface area (Å²) in [5.41, 5.74) is 1.69. The van der Waals surface area contributed by atoms with Crippen LogP contribution in [0.1, 0.15) is 89.6 Å². The zero-order valence-corrected chi connectivity index (χ0v) is 36.3. The van der Waals surface area contributed by atoms with Crippen LogP contribution in [0.3, 0.4) is 0 Å². The van der Waals surface area contributed by atoms with Gasteiger partial charge < -0.3 is 37.9 Å². The monoisotopic (exact) mass is 864 g/mol. The van der Waals surface area contributed by atoms with Gasteiger partial charge in [-0.15, -0.1) is 0 Å². The highest BCUT2D eigenvalue weighted by Crippen LogP contribution is 2.29. The van der Waals surface area contributed by atoms with Gasteiger partial charge in [0.05, 0.1) is 25.4 Å². The zero-order chi connectivity index (χ0) is 44.4. The van der Waals surface area contributed by atoms with Crippen LogP contribution >= 0.6 is 0 Å². The van der Waals surface area contributed by atoms with E-state index in [4.69, 9.17) is 37.9 Å². The zero-order valence-electron chi connectivity index (χ0n) is 36.3. The smallest absolute Gasteiger partial charge is 0.419 e. The third-order valence-electron chi connectivity index (χ3n) is 9.32. The van der Waals surface area contributed by atoms with Crippen molar-refractivity contribution < 1.29 is 56.3 Å². The van der Waals surface area contributed by atoms with Gasteiger partial charge in [-0.3, -0.25) is 10.6 Å². The Kier molecular flexibility index (Phi) is 22.6. The standard InChI is InChI=1S/C48H62F2N2O10/c1-5-31-57-41-15-9-11-17-43(41)59-33-45(51-29-13-19-39(55-7-3)35-21-25-37(49)26-22-35)61-47(53)48(54)62-46(34-60-44-18-12-10-16-42(44)58-32-6-2)52-30-14-20-40(56-8-4)36-23-27-38(50)28-24-36/h9-12,15-18,21-28,39-40,45-46,51-52H,5-8,13-14,19-20,29-34H2,1-4H3. The molecule has 14 heteroatoms. The Bertz CT molecular complexity index is 1730. The number of nitrogens with one attached hydrogen (secondary N) is 2. The minimum absolute atomic E-state index is 0.160. The molecular formula is C48H62F2N2O10. The number of rotatable bonds is 30. The maximum absolute atomic E-state index is 13.6. The molecule has 0 radical (unpaired) electrons. The van der Waals surface area contributed by atoms with Crippen molar-refractivity contribution in [3.63, 3.8) is 0 Å². The summed E-state index contributed by atoms with van der Waals surface area (Å²) in [7, 11) is 0. The fraction of sp³-hybridized carbons (Fsp3) is 0.458. The highest BCUT2D eigenvalue weighted by Gasteiger charge is 2.27. The fourth-order valence-electron chi connectivity index (χ4n) is 6.31. The van der Waals surface area contributed by atoms with Crippen LogP contribution in [0, 0.1) is 11.6 Å². The van der Waals surface area contributed by atoms with E-state index in [0.29, 0.717) is 88.2 Å². The molecular weight excluding hydrogens is 803 g/mol. The first-order valence-electron chi connectivity index (χ1n) is 21.6. The van der Waals surface area contributed by atoms with Gasteiger partial charge in [0, 0.05) is 13.2 Å². The molecule has 62 heavy (non-hydrogen) atoms. The molecule has 2 N–H and O–H groups in total. The quantitative estimate of drug-likeness (QED) is 0.0224. The number of esters is 2. The summed E-state index contributed by atoms with van der Waals surface area (Å²) in [5.74, 6) is -1.22. The molecule has 0 saturated heterocycles. The van der Waals surface area contributed by atoms with Gasteiger partial charge in [-0.05, 0) is 125 Å². The second-order valence-electron chi connectivity index (χ2n) is 14.2. The average Bonchev–Trinajstić information content (AvgIpc) is 3.28. The minimum atomic E-state index is -1.24. The van der Waals surface area contributed by atoms with Gasteiger partial charge in [-0.1, -0.05) is 62.4 Å². The SMILES string of the molecule is CCCOc1ccccc1OCC(NCCCC(OCC)c1ccc(F)cc1)OC(=O)C(=O)OC(COc1ccccc1OCCC)NCCCC(OCC)c1ccc(F)cc1. The highest BCUT2D eigenvalue weighted by molar-refractivity contribution is 6.29. The van der Waals surface area contributed by atoms with E-state index in [0.717, 1.165) is 24.0 Å². The van der Waals surface area contributed by atoms with Crippen molar-refractivity contribution in [2.75, 3.05) is 52.7 Å². The van der Waals surface area contributed by atoms with E-state index < -0.39 is 24.4 Å². The molecule has 12 nitrogen and oxygen atoms in total. The molecule has 0 saturated carbocycles. The molecule has 0 spiro atoms. The molecule has 0 fully saturated rings. The summed E-state index contributed by atoms with van der Waals surface area (Å²) in [4.78, 5) is 26.9. The topological polar surface area (TPSA) is 132 Å². The molecule has 0 bridgehead atoms. The minimum Gasteiger partial charge on any atom is -0.490 e. The van der Waals surface area contributed by atoms with Crippen LogP contribution in [0.4, 0.5) is 8.78 Å². The first kappa shape index (κ1) is 49.4. The number of para-hydroxylation sites is 4. The number of hydrogen-bond acceptors (Lipinski definition) is 12. The van der Waals surface area contributed by atoms with Crippen LogP contribution in [-0.2, 0) is 28.5 Å². The van der Waals surface area contributed by atoms with Crippen LogP contribution in [0.2, 0.25) is 0 Å². The van der Waals surface area contributed by atoms with Crippen molar-refractivity contribution in [3.05, 3.63) is 120 Å². The first-order valence-corrected chi connectivity index (χ1v) is 21.6. The van der Waals surface area contributed by atoms with Crippen molar-refractivity contribution in [3.8, 4) is 23.0 Å². The molecule has 0 heterocycles. The van der Waals surface area contributed by atoms with Crippen molar-refractivity contribution in [2.45, 2.75) is 90.9 Å². The van der Waals surface area contributed by atoms with E-state index in [1.807, 2.05) is 39.8 Å². The highest BCUT2D eigenvalue weighted by atomic mass is 19.1. The van der Waals surface area contributed by atoms with Gasteiger partial charge in [-0.2, -0.15) is 0 Å². The van der Waals surface area contributed by atoms with E-state index >= 15 is 0 Å². The predicted octanol–water partition coefficient (Wildman–Crippen LogP) is 9.03. The Hall–Kier alpha value is -5.28. The number of ether oxygens (including phenoxy) is 8. The third-order valence-corrected chi connectivity index (χ3v) is 9.32. The van der Waals surface area contributed by atoms with Gasteiger partial charge >= 0.3 is 11.9 Å². The number of carbonyl (C=O) groups is 2. The Morgan fingerprint density at radius 1 is 0.516 bits per heavy atom. The molecule has 4 atom stereocenters. The lowest BCUT2D eigenvalue weighted by molar-refractivity contribution is -0.177. The maximum Gasteiger partial charge on any atom is 0.419 e. The summed E-state index contributed by atoms with van der Waals surface area (Å²) in [6, 6.07) is 26.7. The molecule has 0 aromatic heterocycles. The van der Waals surface area contributed by atoms with Gasteiger partial charge in [0.15, 0.2) is 35.5 Å². The lowest BCUT2D eigenvalue weighted by Gasteiger charge is -2.23. The van der Waals surface area contributed by atoms with E-state index in [2.05, 4.69) is 10.6 Å². The van der Waals surface area contributed by atoms with Crippen LogP contribution in [0.5, 0.6) is 23.0 Å². The fourth-order valence-corrected chi connectivity index (χ4v) is 6.31. The van der Waals surface area contributed by atoms with E-state index in [1.165, 1.54) is 24.3 Å². The molecule has 4 aromatic rings. The summed E-state index contributed by atoms with van der Waals surface area (Å²) in [6.45, 7) is 10.1. The molecule has 0 aliphatic carbocycles.